The van der Waals surface area contributed by atoms with E-state index in [1.165, 1.54) is 24.3 Å². The van der Waals surface area contributed by atoms with Crippen LogP contribution in [0.3, 0.4) is 0 Å². The second-order valence-corrected chi connectivity index (χ2v) is 7.66. The molecule has 0 bridgehead atoms. The fourth-order valence-corrected chi connectivity index (χ4v) is 3.66. The van der Waals surface area contributed by atoms with Gasteiger partial charge in [0.25, 0.3) is 0 Å². The molecule has 33 heavy (non-hydrogen) atoms. The van der Waals surface area contributed by atoms with E-state index < -0.39 is 0 Å². The molecule has 2 atom stereocenters. The van der Waals surface area contributed by atoms with Gasteiger partial charge in [-0.15, -0.1) is 12.4 Å². The van der Waals surface area contributed by atoms with Crippen LogP contribution in [0.25, 0.3) is 0 Å². The van der Waals surface area contributed by atoms with Crippen LogP contribution in [-0.4, -0.2) is 32.3 Å². The number of ether oxygens (including phenoxy) is 2. The fraction of sp³-hybridized carbons (Fsp3) is 0.240. The smallest absolute Gasteiger partial charge is 0.326 e. The lowest BCUT2D eigenvalue weighted by Crippen LogP contribution is -2.49. The van der Waals surface area contributed by atoms with Crippen molar-refractivity contribution in [3.05, 3.63) is 84.2 Å². The van der Waals surface area contributed by atoms with Crippen molar-refractivity contribution in [1.29, 1.82) is 0 Å². The molecule has 1 aliphatic heterocycles. The van der Waals surface area contributed by atoms with Crippen molar-refractivity contribution in [2.24, 2.45) is 0 Å². The molecule has 2 amide bonds. The van der Waals surface area contributed by atoms with Crippen molar-refractivity contribution in [2.75, 3.05) is 30.4 Å². The number of amides is 2. The maximum Gasteiger partial charge on any atom is 0.326 e. The monoisotopic (exact) mass is 471 g/mol. The highest BCUT2D eigenvalue weighted by Crippen LogP contribution is 2.33. The van der Waals surface area contributed by atoms with Gasteiger partial charge >= 0.3 is 6.03 Å². The van der Waals surface area contributed by atoms with Crippen molar-refractivity contribution in [1.82, 2.24) is 5.32 Å². The van der Waals surface area contributed by atoms with Crippen LogP contribution in [-0.2, 0) is 0 Å². The number of carbonyl (C=O) groups is 1. The average molecular weight is 472 g/mol. The molecule has 6 nitrogen and oxygen atoms in total. The second kappa shape index (κ2) is 11.0. The number of urea groups is 1. The third kappa shape index (κ3) is 5.94. The second-order valence-electron chi connectivity index (χ2n) is 7.66. The van der Waals surface area contributed by atoms with Crippen molar-refractivity contribution in [3.63, 3.8) is 0 Å². The van der Waals surface area contributed by atoms with Crippen LogP contribution >= 0.6 is 12.4 Å². The number of anilines is 2. The van der Waals surface area contributed by atoms with Gasteiger partial charge in [0.15, 0.2) is 0 Å². The molecule has 0 spiro atoms. The van der Waals surface area contributed by atoms with Crippen LogP contribution in [0.4, 0.5) is 20.6 Å². The summed E-state index contributed by atoms with van der Waals surface area (Å²) in [6.45, 7) is 3.00. The van der Waals surface area contributed by atoms with E-state index in [0.717, 1.165) is 11.3 Å². The third-order valence-electron chi connectivity index (χ3n) is 5.42. The van der Waals surface area contributed by atoms with Crippen LogP contribution in [0.2, 0.25) is 0 Å². The van der Waals surface area contributed by atoms with E-state index in [0.29, 0.717) is 30.2 Å². The highest BCUT2D eigenvalue weighted by Gasteiger charge is 2.30. The van der Waals surface area contributed by atoms with E-state index in [2.05, 4.69) is 17.6 Å². The molecule has 0 saturated carbocycles. The van der Waals surface area contributed by atoms with E-state index >= 15 is 0 Å². The Morgan fingerprint density at radius 3 is 2.67 bits per heavy atom. The number of hydrogen-bond donors (Lipinski definition) is 2. The number of nitrogens with one attached hydrogen (secondary N) is 2. The molecule has 1 unspecified atom stereocenters. The number of para-hydroxylation sites is 2. The first-order chi connectivity index (χ1) is 15.5. The van der Waals surface area contributed by atoms with Crippen LogP contribution < -0.4 is 25.0 Å². The molecule has 8 heteroatoms. The van der Waals surface area contributed by atoms with Crippen LogP contribution in [0, 0.1) is 5.82 Å². The summed E-state index contributed by atoms with van der Waals surface area (Å²) in [5.41, 5.74) is 2.33. The molecule has 1 aliphatic rings. The van der Waals surface area contributed by atoms with Gasteiger partial charge < -0.3 is 20.1 Å². The van der Waals surface area contributed by atoms with Gasteiger partial charge in [0, 0.05) is 18.3 Å². The molecule has 0 fully saturated rings. The fourth-order valence-electron chi connectivity index (χ4n) is 3.66. The van der Waals surface area contributed by atoms with Gasteiger partial charge in [0.1, 0.15) is 23.4 Å². The topological polar surface area (TPSA) is 62.8 Å². The first-order valence-corrected chi connectivity index (χ1v) is 10.5. The van der Waals surface area contributed by atoms with Gasteiger partial charge in [-0.2, -0.15) is 0 Å². The van der Waals surface area contributed by atoms with Gasteiger partial charge in [0.05, 0.1) is 19.3 Å². The zero-order valence-corrected chi connectivity index (χ0v) is 19.3. The van der Waals surface area contributed by atoms with Crippen LogP contribution in [0.15, 0.2) is 72.8 Å². The third-order valence-corrected chi connectivity index (χ3v) is 5.42. The molecule has 0 radical (unpaired) electrons. The number of benzene rings is 3. The Morgan fingerprint density at radius 1 is 1.15 bits per heavy atom. The number of nitrogens with zero attached hydrogens (tertiary/aromatic N) is 1. The number of methoxy groups -OCH3 is 1. The summed E-state index contributed by atoms with van der Waals surface area (Å²) in [6.07, 6.45) is -0.239. The Labute approximate surface area is 199 Å². The molecule has 2 N–H and O–H groups in total. The molecule has 0 aliphatic carbocycles. The average Bonchev–Trinajstić information content (AvgIpc) is 2.83. The Kier molecular flexibility index (Phi) is 8.14. The van der Waals surface area contributed by atoms with Crippen LogP contribution in [0.1, 0.15) is 18.5 Å². The molecule has 1 heterocycles. The molecular weight excluding hydrogens is 445 g/mol. The van der Waals surface area contributed by atoms with Gasteiger partial charge in [-0.3, -0.25) is 4.90 Å². The Balaban J connectivity index is 0.00000306. The zero-order valence-electron chi connectivity index (χ0n) is 18.5. The van der Waals surface area contributed by atoms with Gasteiger partial charge in [0.2, 0.25) is 0 Å². The summed E-state index contributed by atoms with van der Waals surface area (Å²) in [5, 5.41) is 6.32. The quantitative estimate of drug-likeness (QED) is 0.505. The predicted molar refractivity (Wildman–Crippen MR) is 130 cm³/mol. The van der Waals surface area contributed by atoms with E-state index in [9.17, 15) is 9.18 Å². The summed E-state index contributed by atoms with van der Waals surface area (Å²) in [7, 11) is 1.65. The number of halogens is 2. The molecular formula is C25H27ClFN3O3. The minimum atomic E-state index is -0.351. The lowest BCUT2D eigenvalue weighted by molar-refractivity contribution is 0.185. The number of fused-ring (bicyclic) bond motifs is 1. The highest BCUT2D eigenvalue weighted by atomic mass is 35.5. The number of hydrogen-bond acceptors (Lipinski definition) is 4. The minimum absolute atomic E-state index is 0. The summed E-state index contributed by atoms with van der Waals surface area (Å²) in [4.78, 5) is 14.7. The molecule has 4 rings (SSSR count). The Bertz CT molecular complexity index is 1080. The Morgan fingerprint density at radius 2 is 1.91 bits per heavy atom. The zero-order chi connectivity index (χ0) is 22.5. The van der Waals surface area contributed by atoms with Gasteiger partial charge in [-0.25, -0.2) is 9.18 Å². The first kappa shape index (κ1) is 24.4. The molecule has 3 aromatic carbocycles. The van der Waals surface area contributed by atoms with E-state index in [1.54, 1.807) is 12.0 Å². The summed E-state index contributed by atoms with van der Waals surface area (Å²) < 4.78 is 24.6. The van der Waals surface area contributed by atoms with Crippen molar-refractivity contribution >= 4 is 29.8 Å². The molecule has 3 aromatic rings. The van der Waals surface area contributed by atoms with Gasteiger partial charge in [-0.1, -0.05) is 24.3 Å². The maximum atomic E-state index is 13.2. The van der Waals surface area contributed by atoms with Gasteiger partial charge in [-0.05, 0) is 61.0 Å². The molecule has 0 aromatic heterocycles. The number of carbonyl (C=O) groups excluding carboxylic acids is 1. The summed E-state index contributed by atoms with van der Waals surface area (Å²) >= 11 is 0. The Hall–Kier alpha value is -3.29. The standard InChI is InChI=1S/C25H26FN3O3.ClH/c1-17(18-6-5-7-21(14-18)31-2)27-15-22-16-29(23-8-3-4-9-24(23)32-22)25(30)28-20-12-10-19(26)11-13-20;/h3-14,17,22,27H,15-16H2,1-2H3,(H,28,30);1H/t17-,22?;/m1./s1. The molecule has 0 saturated heterocycles. The van der Waals surface area contributed by atoms with E-state index in [1.807, 2.05) is 48.5 Å². The predicted octanol–water partition coefficient (Wildman–Crippen LogP) is 5.41. The highest BCUT2D eigenvalue weighted by molar-refractivity contribution is 6.03. The van der Waals surface area contributed by atoms with Crippen molar-refractivity contribution < 1.29 is 18.7 Å². The molecule has 174 valence electrons. The minimum Gasteiger partial charge on any atom is -0.497 e. The summed E-state index contributed by atoms with van der Waals surface area (Å²) in [5.74, 6) is 1.10. The van der Waals surface area contributed by atoms with Crippen LogP contribution in [0.5, 0.6) is 11.5 Å². The largest absolute Gasteiger partial charge is 0.497 e. The number of rotatable bonds is 6. The first-order valence-electron chi connectivity index (χ1n) is 10.5. The SMILES string of the molecule is COc1cccc([C@@H](C)NCC2CN(C(=O)Nc3ccc(F)cc3)c3ccccc3O2)c1.Cl. The normalized spacial score (nSPS) is 15.5. The lowest BCUT2D eigenvalue weighted by Gasteiger charge is -2.35. The van der Waals surface area contributed by atoms with E-state index in [-0.39, 0.29) is 36.4 Å². The van der Waals surface area contributed by atoms with E-state index in [4.69, 9.17) is 9.47 Å². The maximum absolute atomic E-state index is 13.2. The summed E-state index contributed by atoms with van der Waals surface area (Å²) in [6, 6.07) is 20.8. The van der Waals surface area contributed by atoms with Crippen molar-refractivity contribution in [2.45, 2.75) is 19.1 Å². The lowest BCUT2D eigenvalue weighted by atomic mass is 10.1. The van der Waals surface area contributed by atoms with Crippen molar-refractivity contribution in [3.8, 4) is 11.5 Å².